The number of aromatic nitrogens is 2. The lowest BCUT2D eigenvalue weighted by Crippen LogP contribution is -2.21. The number of H-pyrrole nitrogens is 1. The Hall–Kier alpha value is -1.91. The number of nitriles is 1. The molecule has 114 valence electrons. The molecule has 1 heterocycles. The second-order valence-corrected chi connectivity index (χ2v) is 6.20. The number of carboxylic acids is 1. The molecule has 0 fully saturated rings. The maximum absolute atomic E-state index is 10.7. The average Bonchev–Trinajstić information content (AvgIpc) is 2.94. The first kappa shape index (κ1) is 16.5. The number of aromatic amines is 1. The number of nitrogens with zero attached hydrogens (tertiary/aromatic N) is 2. The van der Waals surface area contributed by atoms with E-state index in [9.17, 15) is 10.1 Å². The van der Waals surface area contributed by atoms with Crippen molar-refractivity contribution in [2.75, 3.05) is 0 Å². The van der Waals surface area contributed by atoms with Gasteiger partial charge in [-0.05, 0) is 24.5 Å². The first-order valence-corrected chi connectivity index (χ1v) is 8.46. The molecule has 0 aliphatic rings. The smallest absolute Gasteiger partial charge is 0.303 e. The van der Waals surface area contributed by atoms with Crippen LogP contribution in [0.15, 0.2) is 30.5 Å². The number of thiol groups is 1. The van der Waals surface area contributed by atoms with E-state index in [0.29, 0.717) is 12.1 Å². The van der Waals surface area contributed by atoms with Crippen LogP contribution in [0.4, 0.5) is 0 Å². The number of nitrogens with one attached hydrogen (secondary N) is 1. The summed E-state index contributed by atoms with van der Waals surface area (Å²) in [5.74, 6) is -0.122. The summed E-state index contributed by atoms with van der Waals surface area (Å²) in [6, 6.07) is 9.68. The molecule has 0 saturated heterocycles. The van der Waals surface area contributed by atoms with Gasteiger partial charge in [0.15, 0.2) is 4.75 Å². The molecule has 0 spiro atoms. The van der Waals surface area contributed by atoms with E-state index in [1.165, 1.54) is 0 Å². The van der Waals surface area contributed by atoms with Crippen molar-refractivity contribution in [2.24, 2.45) is 0 Å². The molecule has 1 aromatic heterocycles. The number of aryl methyl sites for hydroxylation is 2. The lowest BCUT2D eigenvalue weighted by atomic mass is 9.94. The van der Waals surface area contributed by atoms with Gasteiger partial charge in [0.25, 0.3) is 0 Å². The van der Waals surface area contributed by atoms with Crippen LogP contribution >= 0.6 is 22.5 Å². The van der Waals surface area contributed by atoms with Gasteiger partial charge in [-0.1, -0.05) is 35.1 Å². The van der Waals surface area contributed by atoms with Crippen molar-refractivity contribution in [3.05, 3.63) is 53.1 Å². The highest BCUT2D eigenvalue weighted by Crippen LogP contribution is 2.43. The summed E-state index contributed by atoms with van der Waals surface area (Å²) in [7, 11) is 1.12. The summed E-state index contributed by atoms with van der Waals surface area (Å²) in [4.78, 5) is 18.0. The minimum absolute atomic E-state index is 0.0557. The predicted octanol–water partition coefficient (Wildman–Crippen LogP) is 3.08. The fourth-order valence-corrected chi connectivity index (χ4v) is 3.41. The van der Waals surface area contributed by atoms with Crippen molar-refractivity contribution in [1.82, 2.24) is 9.97 Å². The lowest BCUT2D eigenvalue weighted by Gasteiger charge is -2.23. The Kier molecular flexibility index (Phi) is 5.16. The van der Waals surface area contributed by atoms with E-state index in [1.54, 1.807) is 6.20 Å². The predicted molar refractivity (Wildman–Crippen MR) is 88.7 cm³/mol. The van der Waals surface area contributed by atoms with Crippen molar-refractivity contribution in [3.63, 3.8) is 0 Å². The van der Waals surface area contributed by atoms with Crippen LogP contribution in [-0.2, 0) is 16.0 Å². The minimum atomic E-state index is -1.01. The number of carbonyl (C=O) groups is 1. The van der Waals surface area contributed by atoms with E-state index in [4.69, 9.17) is 5.11 Å². The standard InChI is InChI=1S/C15H15N3O2S2/c1-10-17-8-13(18-10)15(9-16,22-21)12-4-2-3-11(7-12)5-6-14(19)20/h2-4,7-8,21H,5-6H2,1H3,(H,17,18)(H,19,20). The van der Waals surface area contributed by atoms with Crippen molar-refractivity contribution in [3.8, 4) is 6.07 Å². The molecule has 7 heteroatoms. The topological polar surface area (TPSA) is 89.8 Å². The van der Waals surface area contributed by atoms with Gasteiger partial charge in [0.05, 0.1) is 18.0 Å². The highest BCUT2D eigenvalue weighted by atomic mass is 33.1. The Bertz CT molecular complexity index is 724. The van der Waals surface area contributed by atoms with Crippen LogP contribution in [-0.4, -0.2) is 21.0 Å². The first-order chi connectivity index (χ1) is 10.5. The number of aliphatic carboxylic acids is 1. The SMILES string of the molecule is Cc1ncc(C(C#N)(SS)c2cccc(CCC(=O)O)c2)[nH]1. The Morgan fingerprint density at radius 1 is 1.59 bits per heavy atom. The van der Waals surface area contributed by atoms with Crippen molar-refractivity contribution >= 4 is 28.4 Å². The van der Waals surface area contributed by atoms with Crippen LogP contribution in [0.3, 0.4) is 0 Å². The number of imidazole rings is 1. The van der Waals surface area contributed by atoms with Crippen LogP contribution in [0.25, 0.3) is 0 Å². The van der Waals surface area contributed by atoms with Crippen LogP contribution in [0.2, 0.25) is 0 Å². The number of benzene rings is 1. The number of carboxylic acid groups (broad SMARTS) is 1. The van der Waals surface area contributed by atoms with Gasteiger partial charge in [-0.2, -0.15) is 5.26 Å². The van der Waals surface area contributed by atoms with Gasteiger partial charge < -0.3 is 10.1 Å². The molecule has 2 rings (SSSR count). The molecule has 0 aliphatic carbocycles. The van der Waals surface area contributed by atoms with Crippen molar-refractivity contribution in [2.45, 2.75) is 24.5 Å². The Labute approximate surface area is 137 Å². The summed E-state index contributed by atoms with van der Waals surface area (Å²) in [5, 5.41) is 18.5. The van der Waals surface area contributed by atoms with Gasteiger partial charge in [-0.15, -0.1) is 11.7 Å². The third-order valence-corrected chi connectivity index (χ3v) is 4.98. The van der Waals surface area contributed by atoms with E-state index in [-0.39, 0.29) is 6.42 Å². The number of hydrogen-bond acceptors (Lipinski definition) is 5. The molecule has 1 aromatic carbocycles. The van der Waals surface area contributed by atoms with Crippen LogP contribution in [0, 0.1) is 18.3 Å². The molecule has 1 atom stereocenters. The highest BCUT2D eigenvalue weighted by molar-refractivity contribution is 8.69. The first-order valence-electron chi connectivity index (χ1n) is 6.59. The quantitative estimate of drug-likeness (QED) is 0.558. The zero-order valence-corrected chi connectivity index (χ0v) is 13.6. The lowest BCUT2D eigenvalue weighted by molar-refractivity contribution is -0.136. The average molecular weight is 333 g/mol. The minimum Gasteiger partial charge on any atom is -0.481 e. The largest absolute Gasteiger partial charge is 0.481 e. The molecule has 0 amide bonds. The van der Waals surface area contributed by atoms with Gasteiger partial charge in [0, 0.05) is 6.42 Å². The Balaban J connectivity index is 2.43. The molecule has 0 bridgehead atoms. The monoisotopic (exact) mass is 333 g/mol. The third-order valence-electron chi connectivity index (χ3n) is 3.34. The summed E-state index contributed by atoms with van der Waals surface area (Å²) < 4.78 is -1.01. The molecule has 0 aliphatic heterocycles. The molecular weight excluding hydrogens is 318 g/mol. The van der Waals surface area contributed by atoms with E-state index < -0.39 is 10.7 Å². The summed E-state index contributed by atoms with van der Waals surface area (Å²) in [6.45, 7) is 1.82. The molecule has 2 aromatic rings. The van der Waals surface area contributed by atoms with Crippen molar-refractivity contribution in [1.29, 1.82) is 5.26 Å². The van der Waals surface area contributed by atoms with Gasteiger partial charge in [0.1, 0.15) is 5.82 Å². The van der Waals surface area contributed by atoms with Crippen LogP contribution < -0.4 is 0 Å². The second-order valence-electron chi connectivity index (χ2n) is 4.86. The summed E-state index contributed by atoms with van der Waals surface area (Å²) in [5.41, 5.74) is 2.28. The fourth-order valence-electron chi connectivity index (χ4n) is 2.20. The van der Waals surface area contributed by atoms with E-state index in [2.05, 4.69) is 27.7 Å². The second kappa shape index (κ2) is 6.90. The highest BCUT2D eigenvalue weighted by Gasteiger charge is 2.36. The fraction of sp³-hybridized carbons (Fsp3) is 0.267. The van der Waals surface area contributed by atoms with Gasteiger partial charge >= 0.3 is 5.97 Å². The molecular formula is C15H15N3O2S2. The van der Waals surface area contributed by atoms with Crippen LogP contribution in [0.1, 0.15) is 29.1 Å². The molecule has 5 nitrogen and oxygen atoms in total. The normalized spacial score (nSPS) is 13.3. The number of hydrogen-bond donors (Lipinski definition) is 3. The Morgan fingerprint density at radius 2 is 2.36 bits per heavy atom. The van der Waals surface area contributed by atoms with Crippen LogP contribution in [0.5, 0.6) is 0 Å². The molecule has 2 N–H and O–H groups in total. The van der Waals surface area contributed by atoms with Gasteiger partial charge in [-0.25, -0.2) is 4.98 Å². The summed E-state index contributed by atoms with van der Waals surface area (Å²) in [6.07, 6.45) is 2.11. The van der Waals surface area contributed by atoms with Gasteiger partial charge in [0.2, 0.25) is 0 Å². The molecule has 0 saturated carbocycles. The Morgan fingerprint density at radius 3 is 2.91 bits per heavy atom. The van der Waals surface area contributed by atoms with E-state index in [1.807, 2.05) is 31.2 Å². The van der Waals surface area contributed by atoms with Crippen molar-refractivity contribution < 1.29 is 9.90 Å². The van der Waals surface area contributed by atoms with E-state index in [0.717, 1.165) is 27.7 Å². The number of rotatable bonds is 6. The van der Waals surface area contributed by atoms with E-state index >= 15 is 0 Å². The maximum Gasteiger partial charge on any atom is 0.303 e. The zero-order chi connectivity index (χ0) is 16.2. The van der Waals surface area contributed by atoms with Gasteiger partial charge in [-0.3, -0.25) is 4.79 Å². The third kappa shape index (κ3) is 3.29. The molecule has 1 unspecified atom stereocenters. The molecule has 22 heavy (non-hydrogen) atoms. The molecule has 0 radical (unpaired) electrons. The zero-order valence-electron chi connectivity index (χ0n) is 11.9. The summed E-state index contributed by atoms with van der Waals surface area (Å²) >= 11 is 4.28. The maximum atomic E-state index is 10.7.